The van der Waals surface area contributed by atoms with E-state index in [1.807, 2.05) is 24.0 Å². The molecule has 1 fully saturated rings. The number of aromatic nitrogens is 3. The quantitative estimate of drug-likeness (QED) is 0.927. The lowest BCUT2D eigenvalue weighted by Crippen LogP contribution is -2.39. The van der Waals surface area contributed by atoms with E-state index in [0.717, 1.165) is 37.2 Å². The number of hydrogen-bond acceptors (Lipinski definition) is 3. The molecule has 1 aromatic heterocycles. The number of rotatable bonds is 2. The van der Waals surface area contributed by atoms with Crippen LogP contribution >= 0.6 is 11.6 Å². The number of H-pyrrole nitrogens is 1. The summed E-state index contributed by atoms with van der Waals surface area (Å²) >= 11 is 6.13. The second-order valence-corrected chi connectivity index (χ2v) is 5.75. The number of benzene rings is 1. The summed E-state index contributed by atoms with van der Waals surface area (Å²) in [4.78, 5) is 18.9. The number of piperidine rings is 1. The molecule has 110 valence electrons. The van der Waals surface area contributed by atoms with Crippen LogP contribution in [0.15, 0.2) is 24.5 Å². The first-order valence-corrected chi connectivity index (χ1v) is 7.47. The zero-order valence-electron chi connectivity index (χ0n) is 11.8. The fourth-order valence-electron chi connectivity index (χ4n) is 2.73. The number of amides is 1. The standard InChI is InChI=1S/C15H17ClN4O/c1-10-5-6-11(8-12(10)16)15(21)20-7-3-2-4-13(20)14-17-9-18-19-14/h5-6,8-9,13H,2-4,7H2,1H3,(H,17,18,19)/t13-/m0/s1. The summed E-state index contributed by atoms with van der Waals surface area (Å²) in [6.07, 6.45) is 4.48. The Kier molecular flexibility index (Phi) is 3.92. The second kappa shape index (κ2) is 5.85. The van der Waals surface area contributed by atoms with Gasteiger partial charge in [0.15, 0.2) is 0 Å². The highest BCUT2D eigenvalue weighted by Gasteiger charge is 2.30. The molecule has 0 bridgehead atoms. The molecular weight excluding hydrogens is 288 g/mol. The summed E-state index contributed by atoms with van der Waals surface area (Å²) in [6.45, 7) is 2.66. The molecular formula is C15H17ClN4O. The zero-order chi connectivity index (χ0) is 14.8. The predicted octanol–water partition coefficient (Wildman–Crippen LogP) is 3.13. The van der Waals surface area contributed by atoms with Gasteiger partial charge in [-0.15, -0.1) is 0 Å². The van der Waals surface area contributed by atoms with E-state index in [4.69, 9.17) is 11.6 Å². The van der Waals surface area contributed by atoms with Crippen LogP contribution in [0.2, 0.25) is 5.02 Å². The minimum absolute atomic E-state index is 0.00185. The van der Waals surface area contributed by atoms with Crippen LogP contribution in [0.5, 0.6) is 0 Å². The number of carbonyl (C=O) groups is 1. The molecule has 5 nitrogen and oxygen atoms in total. The predicted molar refractivity (Wildman–Crippen MR) is 80.2 cm³/mol. The van der Waals surface area contributed by atoms with Crippen LogP contribution in [-0.4, -0.2) is 32.5 Å². The fraction of sp³-hybridized carbons (Fsp3) is 0.400. The van der Waals surface area contributed by atoms with E-state index < -0.39 is 0 Å². The minimum atomic E-state index is -0.0335. The van der Waals surface area contributed by atoms with Gasteiger partial charge in [-0.1, -0.05) is 17.7 Å². The van der Waals surface area contributed by atoms with Gasteiger partial charge >= 0.3 is 0 Å². The lowest BCUT2D eigenvalue weighted by molar-refractivity contribution is 0.0600. The number of aryl methyl sites for hydroxylation is 1. The van der Waals surface area contributed by atoms with Crippen LogP contribution in [-0.2, 0) is 0 Å². The molecule has 0 spiro atoms. The van der Waals surface area contributed by atoms with Gasteiger partial charge in [0.05, 0.1) is 6.04 Å². The van der Waals surface area contributed by atoms with E-state index in [1.165, 1.54) is 6.33 Å². The molecule has 0 radical (unpaired) electrons. The van der Waals surface area contributed by atoms with Crippen molar-refractivity contribution in [2.45, 2.75) is 32.2 Å². The highest BCUT2D eigenvalue weighted by molar-refractivity contribution is 6.31. The highest BCUT2D eigenvalue weighted by atomic mass is 35.5. The normalized spacial score (nSPS) is 18.8. The topological polar surface area (TPSA) is 61.9 Å². The molecule has 21 heavy (non-hydrogen) atoms. The van der Waals surface area contributed by atoms with E-state index in [-0.39, 0.29) is 11.9 Å². The second-order valence-electron chi connectivity index (χ2n) is 5.34. The number of aromatic amines is 1. The lowest BCUT2D eigenvalue weighted by Gasteiger charge is -2.34. The van der Waals surface area contributed by atoms with Gasteiger partial charge in [-0.25, -0.2) is 4.98 Å². The third kappa shape index (κ3) is 2.78. The van der Waals surface area contributed by atoms with E-state index in [0.29, 0.717) is 10.6 Å². The van der Waals surface area contributed by atoms with Crippen molar-refractivity contribution < 1.29 is 4.79 Å². The third-order valence-corrected chi connectivity index (χ3v) is 4.34. The van der Waals surface area contributed by atoms with Crippen molar-refractivity contribution in [2.75, 3.05) is 6.54 Å². The average Bonchev–Trinajstić information content (AvgIpc) is 3.03. The molecule has 1 aromatic carbocycles. The van der Waals surface area contributed by atoms with Gasteiger partial charge < -0.3 is 4.90 Å². The molecule has 2 heterocycles. The molecule has 1 aliphatic heterocycles. The zero-order valence-corrected chi connectivity index (χ0v) is 12.6. The van der Waals surface area contributed by atoms with Crippen LogP contribution in [0.1, 0.15) is 47.1 Å². The van der Waals surface area contributed by atoms with Crippen LogP contribution in [0, 0.1) is 6.92 Å². The Labute approximate surface area is 128 Å². The van der Waals surface area contributed by atoms with E-state index in [1.54, 1.807) is 6.07 Å². The molecule has 3 rings (SSSR count). The van der Waals surface area contributed by atoms with Gasteiger partial charge in [-0.05, 0) is 43.9 Å². The summed E-state index contributed by atoms with van der Waals surface area (Å²) in [5, 5.41) is 7.40. The highest BCUT2D eigenvalue weighted by Crippen LogP contribution is 2.30. The smallest absolute Gasteiger partial charge is 0.254 e. The summed E-state index contributed by atoms with van der Waals surface area (Å²) in [6, 6.07) is 5.41. The Morgan fingerprint density at radius 3 is 3.00 bits per heavy atom. The molecule has 0 saturated carbocycles. The van der Waals surface area contributed by atoms with Gasteiger partial charge in [-0.3, -0.25) is 9.89 Å². The average molecular weight is 305 g/mol. The van der Waals surface area contributed by atoms with Crippen molar-refractivity contribution in [1.82, 2.24) is 20.1 Å². The van der Waals surface area contributed by atoms with Gasteiger partial charge in [-0.2, -0.15) is 5.10 Å². The maximum atomic E-state index is 12.8. The number of nitrogens with one attached hydrogen (secondary N) is 1. The van der Waals surface area contributed by atoms with Crippen LogP contribution < -0.4 is 0 Å². The van der Waals surface area contributed by atoms with Crippen molar-refractivity contribution in [3.63, 3.8) is 0 Å². The van der Waals surface area contributed by atoms with Crippen molar-refractivity contribution in [3.05, 3.63) is 46.5 Å². The first kappa shape index (κ1) is 14.1. The molecule has 6 heteroatoms. The molecule has 1 aliphatic rings. The van der Waals surface area contributed by atoms with Crippen LogP contribution in [0.4, 0.5) is 0 Å². The number of nitrogens with zero attached hydrogens (tertiary/aromatic N) is 3. The summed E-state index contributed by atoms with van der Waals surface area (Å²) in [5.41, 5.74) is 1.59. The molecule has 1 amide bonds. The van der Waals surface area contributed by atoms with E-state index >= 15 is 0 Å². The van der Waals surface area contributed by atoms with Gasteiger partial charge in [0, 0.05) is 17.1 Å². The summed E-state index contributed by atoms with van der Waals surface area (Å²) < 4.78 is 0. The summed E-state index contributed by atoms with van der Waals surface area (Å²) in [7, 11) is 0. The van der Waals surface area contributed by atoms with Gasteiger partial charge in [0.2, 0.25) is 0 Å². The molecule has 1 atom stereocenters. The molecule has 0 aliphatic carbocycles. The third-order valence-electron chi connectivity index (χ3n) is 3.93. The largest absolute Gasteiger partial charge is 0.328 e. The Balaban J connectivity index is 1.89. The number of likely N-dealkylation sites (tertiary alicyclic amines) is 1. The monoisotopic (exact) mass is 304 g/mol. The number of halogens is 1. The maximum absolute atomic E-state index is 12.8. The molecule has 2 aromatic rings. The summed E-state index contributed by atoms with van der Waals surface area (Å²) in [5.74, 6) is 0.749. The Morgan fingerprint density at radius 2 is 2.29 bits per heavy atom. The number of carbonyl (C=O) groups excluding carboxylic acids is 1. The van der Waals surface area contributed by atoms with Gasteiger partial charge in [0.1, 0.15) is 12.2 Å². The van der Waals surface area contributed by atoms with Crippen LogP contribution in [0.25, 0.3) is 0 Å². The first-order valence-electron chi connectivity index (χ1n) is 7.09. The van der Waals surface area contributed by atoms with E-state index in [9.17, 15) is 4.79 Å². The lowest BCUT2D eigenvalue weighted by atomic mass is 10.00. The van der Waals surface area contributed by atoms with E-state index in [2.05, 4.69) is 15.2 Å². The first-order chi connectivity index (χ1) is 10.2. The minimum Gasteiger partial charge on any atom is -0.328 e. The fourth-order valence-corrected chi connectivity index (χ4v) is 2.91. The van der Waals surface area contributed by atoms with Crippen molar-refractivity contribution >= 4 is 17.5 Å². The molecule has 0 unspecified atom stereocenters. The van der Waals surface area contributed by atoms with Crippen molar-refractivity contribution in [3.8, 4) is 0 Å². The van der Waals surface area contributed by atoms with Gasteiger partial charge in [0.25, 0.3) is 5.91 Å². The molecule has 1 N–H and O–H groups in total. The van der Waals surface area contributed by atoms with Crippen LogP contribution in [0.3, 0.4) is 0 Å². The Bertz CT molecular complexity index is 641. The Hall–Kier alpha value is -1.88. The van der Waals surface area contributed by atoms with Crippen molar-refractivity contribution in [1.29, 1.82) is 0 Å². The molecule has 1 saturated heterocycles. The number of hydrogen-bond donors (Lipinski definition) is 1. The van der Waals surface area contributed by atoms with Crippen molar-refractivity contribution in [2.24, 2.45) is 0 Å². The Morgan fingerprint density at radius 1 is 1.43 bits per heavy atom. The SMILES string of the molecule is Cc1ccc(C(=O)N2CCCC[C@H]2c2ncn[nH]2)cc1Cl. The maximum Gasteiger partial charge on any atom is 0.254 e.